The molecule has 1 aromatic carbocycles. The molecule has 2 unspecified atom stereocenters. The van der Waals surface area contributed by atoms with Crippen LogP contribution in [0, 0.1) is 23.2 Å². The standard InChI is InChI=1S/C14H18N2/c1-11-6-14(11)10-16(2)9-13-5-3-4-12(7-13)8-15/h3-5,7,11,14H,6,9-10H2,1-2H3. The molecule has 0 spiro atoms. The fourth-order valence-corrected chi connectivity index (χ4v) is 2.17. The molecule has 0 bridgehead atoms. The van der Waals surface area contributed by atoms with Gasteiger partial charge in [-0.15, -0.1) is 0 Å². The number of rotatable bonds is 4. The van der Waals surface area contributed by atoms with Crippen LogP contribution >= 0.6 is 0 Å². The van der Waals surface area contributed by atoms with E-state index in [0.717, 1.165) is 23.9 Å². The maximum Gasteiger partial charge on any atom is 0.0991 e. The third-order valence-corrected chi connectivity index (χ3v) is 3.33. The van der Waals surface area contributed by atoms with Gasteiger partial charge in [0.05, 0.1) is 11.6 Å². The van der Waals surface area contributed by atoms with E-state index >= 15 is 0 Å². The Bertz CT molecular complexity index is 405. The molecule has 0 amide bonds. The van der Waals surface area contributed by atoms with Crippen LogP contribution < -0.4 is 0 Å². The van der Waals surface area contributed by atoms with Crippen LogP contribution in [-0.2, 0) is 6.54 Å². The van der Waals surface area contributed by atoms with Gasteiger partial charge in [-0.1, -0.05) is 19.1 Å². The highest BCUT2D eigenvalue weighted by molar-refractivity contribution is 5.32. The first-order chi connectivity index (χ1) is 7.69. The SMILES string of the molecule is CC1CC1CN(C)Cc1cccc(C#N)c1. The van der Waals surface area contributed by atoms with Gasteiger partial charge in [-0.2, -0.15) is 5.26 Å². The van der Waals surface area contributed by atoms with Crippen molar-refractivity contribution >= 4 is 0 Å². The van der Waals surface area contributed by atoms with Crippen molar-refractivity contribution in [1.29, 1.82) is 5.26 Å². The number of hydrogen-bond acceptors (Lipinski definition) is 2. The van der Waals surface area contributed by atoms with Gasteiger partial charge in [0.15, 0.2) is 0 Å². The van der Waals surface area contributed by atoms with Crippen molar-refractivity contribution in [3.8, 4) is 6.07 Å². The molecule has 1 aliphatic rings. The van der Waals surface area contributed by atoms with E-state index in [9.17, 15) is 0 Å². The Morgan fingerprint density at radius 3 is 2.88 bits per heavy atom. The summed E-state index contributed by atoms with van der Waals surface area (Å²) in [6.07, 6.45) is 1.38. The second kappa shape index (κ2) is 4.67. The minimum Gasteiger partial charge on any atom is -0.302 e. The molecule has 2 atom stereocenters. The van der Waals surface area contributed by atoms with Crippen molar-refractivity contribution in [3.63, 3.8) is 0 Å². The van der Waals surface area contributed by atoms with Crippen molar-refractivity contribution < 1.29 is 0 Å². The molecule has 0 aromatic heterocycles. The molecule has 2 heteroatoms. The van der Waals surface area contributed by atoms with Crippen molar-refractivity contribution in [2.45, 2.75) is 19.9 Å². The smallest absolute Gasteiger partial charge is 0.0991 e. The highest BCUT2D eigenvalue weighted by Crippen LogP contribution is 2.38. The summed E-state index contributed by atoms with van der Waals surface area (Å²) in [5.74, 6) is 1.80. The first-order valence-electron chi connectivity index (χ1n) is 5.86. The number of hydrogen-bond donors (Lipinski definition) is 0. The highest BCUT2D eigenvalue weighted by atomic mass is 15.1. The van der Waals surface area contributed by atoms with Crippen LogP contribution in [0.15, 0.2) is 24.3 Å². The lowest BCUT2D eigenvalue weighted by molar-refractivity contribution is 0.307. The lowest BCUT2D eigenvalue weighted by Gasteiger charge is -2.16. The van der Waals surface area contributed by atoms with E-state index in [2.05, 4.69) is 31.0 Å². The van der Waals surface area contributed by atoms with Crippen LogP contribution in [0.25, 0.3) is 0 Å². The Kier molecular flexibility index (Phi) is 3.26. The summed E-state index contributed by atoms with van der Waals surface area (Å²) in [7, 11) is 2.16. The van der Waals surface area contributed by atoms with Crippen molar-refractivity contribution in [3.05, 3.63) is 35.4 Å². The number of nitrogens with zero attached hydrogens (tertiary/aromatic N) is 2. The molecule has 0 saturated heterocycles. The van der Waals surface area contributed by atoms with Crippen LogP contribution in [0.1, 0.15) is 24.5 Å². The van der Waals surface area contributed by atoms with Crippen molar-refractivity contribution in [1.82, 2.24) is 4.90 Å². The maximum absolute atomic E-state index is 8.82. The zero-order chi connectivity index (χ0) is 11.5. The summed E-state index contributed by atoms with van der Waals surface area (Å²) in [6.45, 7) is 4.44. The average Bonchev–Trinajstić information content (AvgIpc) is 2.94. The molecule has 1 aliphatic carbocycles. The van der Waals surface area contributed by atoms with Gasteiger partial charge in [0.25, 0.3) is 0 Å². The number of benzene rings is 1. The summed E-state index contributed by atoms with van der Waals surface area (Å²) in [6, 6.07) is 10.1. The van der Waals surface area contributed by atoms with Gasteiger partial charge >= 0.3 is 0 Å². The predicted octanol–water partition coefficient (Wildman–Crippen LogP) is 2.65. The molecular formula is C14H18N2. The minimum atomic E-state index is 0.755. The normalized spacial score (nSPS) is 23.1. The highest BCUT2D eigenvalue weighted by Gasteiger charge is 2.32. The van der Waals surface area contributed by atoms with E-state index in [1.165, 1.54) is 18.5 Å². The van der Waals surface area contributed by atoms with Crippen molar-refractivity contribution in [2.24, 2.45) is 11.8 Å². The van der Waals surface area contributed by atoms with E-state index in [4.69, 9.17) is 5.26 Å². The quantitative estimate of drug-likeness (QED) is 0.770. The molecule has 84 valence electrons. The third-order valence-electron chi connectivity index (χ3n) is 3.33. The fraction of sp³-hybridized carbons (Fsp3) is 0.500. The molecule has 1 aromatic rings. The molecule has 0 radical (unpaired) electrons. The monoisotopic (exact) mass is 214 g/mol. The molecular weight excluding hydrogens is 196 g/mol. The molecule has 2 rings (SSSR count). The van der Waals surface area contributed by atoms with Crippen LogP contribution in [-0.4, -0.2) is 18.5 Å². The zero-order valence-corrected chi connectivity index (χ0v) is 9.98. The molecule has 1 saturated carbocycles. The Hall–Kier alpha value is -1.33. The second-order valence-electron chi connectivity index (χ2n) is 4.98. The zero-order valence-electron chi connectivity index (χ0n) is 9.98. The summed E-state index contributed by atoms with van der Waals surface area (Å²) in [5, 5.41) is 8.82. The van der Waals surface area contributed by atoms with Gasteiger partial charge < -0.3 is 4.90 Å². The molecule has 0 heterocycles. The van der Waals surface area contributed by atoms with E-state index in [0.29, 0.717) is 0 Å². The van der Waals surface area contributed by atoms with Crippen LogP contribution in [0.2, 0.25) is 0 Å². The van der Waals surface area contributed by atoms with Gasteiger partial charge in [0.2, 0.25) is 0 Å². The largest absolute Gasteiger partial charge is 0.302 e. The van der Waals surface area contributed by atoms with Crippen LogP contribution in [0.5, 0.6) is 0 Å². The Morgan fingerprint density at radius 1 is 1.50 bits per heavy atom. The van der Waals surface area contributed by atoms with Gasteiger partial charge in [-0.3, -0.25) is 0 Å². The summed E-state index contributed by atoms with van der Waals surface area (Å²) in [5.41, 5.74) is 1.99. The lowest BCUT2D eigenvalue weighted by atomic mass is 10.1. The van der Waals surface area contributed by atoms with Crippen LogP contribution in [0.4, 0.5) is 0 Å². The summed E-state index contributed by atoms with van der Waals surface area (Å²) < 4.78 is 0. The van der Waals surface area contributed by atoms with E-state index in [1.807, 2.05) is 18.2 Å². The average molecular weight is 214 g/mol. The van der Waals surface area contributed by atoms with Crippen LogP contribution in [0.3, 0.4) is 0 Å². The molecule has 16 heavy (non-hydrogen) atoms. The van der Waals surface area contributed by atoms with Gasteiger partial charge in [0, 0.05) is 13.1 Å². The van der Waals surface area contributed by atoms with Gasteiger partial charge in [0.1, 0.15) is 0 Å². The minimum absolute atomic E-state index is 0.755. The second-order valence-corrected chi connectivity index (χ2v) is 4.98. The first-order valence-corrected chi connectivity index (χ1v) is 5.86. The van der Waals surface area contributed by atoms with E-state index in [-0.39, 0.29) is 0 Å². The molecule has 0 N–H and O–H groups in total. The van der Waals surface area contributed by atoms with Crippen molar-refractivity contribution in [2.75, 3.05) is 13.6 Å². The Labute approximate surface area is 97.5 Å². The molecule has 0 aliphatic heterocycles. The predicted molar refractivity (Wildman–Crippen MR) is 64.8 cm³/mol. The van der Waals surface area contributed by atoms with Gasteiger partial charge in [-0.05, 0) is 43.0 Å². The topological polar surface area (TPSA) is 27.0 Å². The fourth-order valence-electron chi connectivity index (χ4n) is 2.17. The first kappa shape index (κ1) is 11.2. The number of nitriles is 1. The maximum atomic E-state index is 8.82. The van der Waals surface area contributed by atoms with E-state index in [1.54, 1.807) is 0 Å². The van der Waals surface area contributed by atoms with Gasteiger partial charge in [-0.25, -0.2) is 0 Å². The third kappa shape index (κ3) is 2.84. The Balaban J connectivity index is 1.90. The molecule has 1 fully saturated rings. The Morgan fingerprint density at radius 2 is 2.25 bits per heavy atom. The summed E-state index contributed by atoms with van der Waals surface area (Å²) in [4.78, 5) is 2.35. The summed E-state index contributed by atoms with van der Waals surface area (Å²) >= 11 is 0. The van der Waals surface area contributed by atoms with E-state index < -0.39 is 0 Å². The molecule has 2 nitrogen and oxygen atoms in total. The lowest BCUT2D eigenvalue weighted by Crippen LogP contribution is -2.20.